The highest BCUT2D eigenvalue weighted by atomic mass is 16.6. The van der Waals surface area contributed by atoms with Gasteiger partial charge in [0.1, 0.15) is 0 Å². The third-order valence-electron chi connectivity index (χ3n) is 3.21. The Morgan fingerprint density at radius 1 is 1.65 bits per heavy atom. The molecule has 1 heterocycles. The SMILES string of the molecule is CCCC1CC1Nc1nccc(C)c1[N+](=O)[O-]. The van der Waals surface area contributed by atoms with Gasteiger partial charge in [-0.3, -0.25) is 10.1 Å². The van der Waals surface area contributed by atoms with E-state index in [4.69, 9.17) is 0 Å². The van der Waals surface area contributed by atoms with Crippen molar-refractivity contribution < 1.29 is 4.92 Å². The smallest absolute Gasteiger partial charge is 0.314 e. The van der Waals surface area contributed by atoms with Gasteiger partial charge in [-0.05, 0) is 31.7 Å². The lowest BCUT2D eigenvalue weighted by Crippen LogP contribution is -2.09. The van der Waals surface area contributed by atoms with Gasteiger partial charge in [-0.15, -0.1) is 0 Å². The second kappa shape index (κ2) is 4.69. The van der Waals surface area contributed by atoms with Crippen molar-refractivity contribution in [1.29, 1.82) is 0 Å². The molecule has 2 rings (SSSR count). The van der Waals surface area contributed by atoms with E-state index in [1.165, 1.54) is 6.42 Å². The first-order valence-corrected chi connectivity index (χ1v) is 6.00. The summed E-state index contributed by atoms with van der Waals surface area (Å²) in [7, 11) is 0. The van der Waals surface area contributed by atoms with Gasteiger partial charge >= 0.3 is 5.69 Å². The van der Waals surface area contributed by atoms with Crippen molar-refractivity contribution in [2.24, 2.45) is 5.92 Å². The highest BCUT2D eigenvalue weighted by Crippen LogP contribution is 2.38. The first kappa shape index (κ1) is 11.8. The summed E-state index contributed by atoms with van der Waals surface area (Å²) >= 11 is 0. The molecule has 2 unspecified atom stereocenters. The van der Waals surface area contributed by atoms with Crippen LogP contribution in [0.4, 0.5) is 11.5 Å². The number of hydrogen-bond acceptors (Lipinski definition) is 4. The molecule has 0 aliphatic heterocycles. The number of nitro groups is 1. The van der Waals surface area contributed by atoms with Crippen molar-refractivity contribution in [3.05, 3.63) is 27.9 Å². The minimum absolute atomic E-state index is 0.106. The molecule has 0 aromatic carbocycles. The number of nitrogens with one attached hydrogen (secondary N) is 1. The Labute approximate surface area is 100 Å². The third kappa shape index (κ3) is 2.54. The Morgan fingerprint density at radius 2 is 2.41 bits per heavy atom. The Balaban J connectivity index is 2.11. The van der Waals surface area contributed by atoms with Gasteiger partial charge in [0.15, 0.2) is 0 Å². The zero-order valence-corrected chi connectivity index (χ0v) is 10.1. The Bertz CT molecular complexity index is 434. The summed E-state index contributed by atoms with van der Waals surface area (Å²) in [6.07, 6.45) is 5.05. The zero-order valence-electron chi connectivity index (χ0n) is 10.1. The maximum absolute atomic E-state index is 11.0. The van der Waals surface area contributed by atoms with Crippen LogP contribution in [0.1, 0.15) is 31.7 Å². The van der Waals surface area contributed by atoms with E-state index >= 15 is 0 Å². The van der Waals surface area contributed by atoms with E-state index in [-0.39, 0.29) is 10.6 Å². The minimum Gasteiger partial charge on any atom is -0.361 e. The molecule has 1 N–H and O–H groups in total. The molecule has 0 amide bonds. The van der Waals surface area contributed by atoms with E-state index in [0.717, 1.165) is 12.8 Å². The van der Waals surface area contributed by atoms with E-state index in [0.29, 0.717) is 23.3 Å². The molecule has 2 atom stereocenters. The fourth-order valence-corrected chi connectivity index (χ4v) is 2.18. The standard InChI is InChI=1S/C12H17N3O2/c1-3-4-9-7-10(9)14-12-11(15(16)17)8(2)5-6-13-12/h5-6,9-10H,3-4,7H2,1-2H3,(H,13,14). The molecule has 5 nitrogen and oxygen atoms in total. The fraction of sp³-hybridized carbons (Fsp3) is 0.583. The lowest BCUT2D eigenvalue weighted by atomic mass is 10.2. The number of nitrogens with zero attached hydrogens (tertiary/aromatic N) is 2. The molecule has 1 aliphatic carbocycles. The van der Waals surface area contributed by atoms with E-state index in [2.05, 4.69) is 17.2 Å². The van der Waals surface area contributed by atoms with Crippen molar-refractivity contribution in [3.63, 3.8) is 0 Å². The van der Waals surface area contributed by atoms with Crippen LogP contribution in [0.25, 0.3) is 0 Å². The summed E-state index contributed by atoms with van der Waals surface area (Å²) in [5, 5.41) is 14.2. The summed E-state index contributed by atoms with van der Waals surface area (Å²) in [6, 6.07) is 2.03. The van der Waals surface area contributed by atoms with Crippen molar-refractivity contribution in [3.8, 4) is 0 Å². The monoisotopic (exact) mass is 235 g/mol. The van der Waals surface area contributed by atoms with Gasteiger partial charge in [-0.2, -0.15) is 0 Å². The molecule has 1 aromatic rings. The first-order chi connectivity index (χ1) is 8.13. The minimum atomic E-state index is -0.359. The van der Waals surface area contributed by atoms with Crippen LogP contribution >= 0.6 is 0 Å². The number of pyridine rings is 1. The van der Waals surface area contributed by atoms with Crippen LogP contribution in [0.15, 0.2) is 12.3 Å². The van der Waals surface area contributed by atoms with Crippen LogP contribution in [0.3, 0.4) is 0 Å². The van der Waals surface area contributed by atoms with Gasteiger partial charge in [0.05, 0.1) is 4.92 Å². The maximum atomic E-state index is 11.0. The molecule has 0 saturated heterocycles. The van der Waals surface area contributed by atoms with Crippen LogP contribution in [-0.2, 0) is 0 Å². The Morgan fingerprint density at radius 3 is 3.06 bits per heavy atom. The molecule has 17 heavy (non-hydrogen) atoms. The summed E-state index contributed by atoms with van der Waals surface area (Å²) < 4.78 is 0. The quantitative estimate of drug-likeness (QED) is 0.629. The Kier molecular flexibility index (Phi) is 3.26. The molecule has 0 spiro atoms. The van der Waals surface area contributed by atoms with Gasteiger partial charge in [0.2, 0.25) is 5.82 Å². The van der Waals surface area contributed by atoms with Gasteiger partial charge in [-0.1, -0.05) is 13.3 Å². The summed E-state index contributed by atoms with van der Waals surface area (Å²) in [4.78, 5) is 14.7. The van der Waals surface area contributed by atoms with Crippen molar-refractivity contribution in [1.82, 2.24) is 4.98 Å². The van der Waals surface area contributed by atoms with Crippen molar-refractivity contribution in [2.75, 3.05) is 5.32 Å². The second-order valence-electron chi connectivity index (χ2n) is 4.62. The molecule has 0 bridgehead atoms. The lowest BCUT2D eigenvalue weighted by molar-refractivity contribution is -0.384. The Hall–Kier alpha value is -1.65. The predicted molar refractivity (Wildman–Crippen MR) is 66.1 cm³/mol. The average Bonchev–Trinajstić information content (AvgIpc) is 2.96. The highest BCUT2D eigenvalue weighted by Gasteiger charge is 2.37. The average molecular weight is 235 g/mol. The van der Waals surface area contributed by atoms with Crippen molar-refractivity contribution in [2.45, 2.75) is 39.2 Å². The molecule has 1 fully saturated rings. The molecule has 92 valence electrons. The first-order valence-electron chi connectivity index (χ1n) is 6.00. The largest absolute Gasteiger partial charge is 0.361 e. The molecule has 1 aromatic heterocycles. The topological polar surface area (TPSA) is 68.1 Å². The van der Waals surface area contributed by atoms with Gasteiger partial charge < -0.3 is 5.32 Å². The summed E-state index contributed by atoms with van der Waals surface area (Å²) in [5.74, 6) is 1.07. The highest BCUT2D eigenvalue weighted by molar-refractivity contribution is 5.60. The van der Waals surface area contributed by atoms with Crippen LogP contribution < -0.4 is 5.32 Å². The van der Waals surface area contributed by atoms with E-state index in [9.17, 15) is 10.1 Å². The number of rotatable bonds is 5. The van der Waals surface area contributed by atoms with Gasteiger partial charge in [0, 0.05) is 17.8 Å². The molecule has 0 radical (unpaired) electrons. The van der Waals surface area contributed by atoms with Crippen LogP contribution in [0.5, 0.6) is 0 Å². The maximum Gasteiger partial charge on any atom is 0.314 e. The fourth-order valence-electron chi connectivity index (χ4n) is 2.18. The molecular weight excluding hydrogens is 218 g/mol. The van der Waals surface area contributed by atoms with Gasteiger partial charge in [0.25, 0.3) is 0 Å². The molecular formula is C12H17N3O2. The molecule has 5 heteroatoms. The lowest BCUT2D eigenvalue weighted by Gasteiger charge is -2.06. The van der Waals surface area contributed by atoms with Gasteiger partial charge in [-0.25, -0.2) is 4.98 Å². The van der Waals surface area contributed by atoms with E-state index in [1.807, 2.05) is 0 Å². The summed E-state index contributed by atoms with van der Waals surface area (Å²) in [6.45, 7) is 3.89. The predicted octanol–water partition coefficient (Wildman–Crippen LogP) is 2.90. The number of anilines is 1. The second-order valence-corrected chi connectivity index (χ2v) is 4.62. The van der Waals surface area contributed by atoms with E-state index in [1.54, 1.807) is 19.2 Å². The van der Waals surface area contributed by atoms with Crippen LogP contribution in [0, 0.1) is 23.0 Å². The van der Waals surface area contributed by atoms with Crippen LogP contribution in [-0.4, -0.2) is 15.9 Å². The van der Waals surface area contributed by atoms with Crippen molar-refractivity contribution >= 4 is 11.5 Å². The molecule has 1 saturated carbocycles. The zero-order chi connectivity index (χ0) is 12.4. The number of aryl methyl sites for hydroxylation is 1. The molecule has 1 aliphatic rings. The normalized spacial score (nSPS) is 22.2. The number of hydrogen-bond donors (Lipinski definition) is 1. The van der Waals surface area contributed by atoms with Crippen LogP contribution in [0.2, 0.25) is 0 Å². The number of aromatic nitrogens is 1. The van der Waals surface area contributed by atoms with E-state index < -0.39 is 0 Å². The third-order valence-corrected chi connectivity index (χ3v) is 3.21. The summed E-state index contributed by atoms with van der Waals surface area (Å²) in [5.41, 5.74) is 0.759.